The van der Waals surface area contributed by atoms with Crippen molar-refractivity contribution in [3.63, 3.8) is 0 Å². The molecule has 0 radical (unpaired) electrons. The van der Waals surface area contributed by atoms with Crippen molar-refractivity contribution in [3.8, 4) is 0 Å². The quantitative estimate of drug-likeness (QED) is 0.458. The summed E-state index contributed by atoms with van der Waals surface area (Å²) in [6.07, 6.45) is 0.676. The van der Waals surface area contributed by atoms with Gasteiger partial charge in [-0.1, -0.05) is 0 Å². The molecule has 2 aliphatic rings. The Hall–Kier alpha value is 0.340. The average molecular weight is 307 g/mol. The largest absolute Gasteiger partial charge is 0.389 e. The number of aliphatic hydroxyl groups is 2. The minimum atomic E-state index is -0.441. The van der Waals surface area contributed by atoms with Crippen LogP contribution in [0.15, 0.2) is 0 Å². The minimum absolute atomic E-state index is 0. The molecule has 4 atom stereocenters. The molecular formula is C10H24Cl2N2O4. The molecule has 8 heteroatoms. The van der Waals surface area contributed by atoms with E-state index in [1.165, 1.54) is 0 Å². The summed E-state index contributed by atoms with van der Waals surface area (Å²) >= 11 is 0. The van der Waals surface area contributed by atoms with Crippen molar-refractivity contribution in [3.05, 3.63) is 0 Å². The third-order valence-electron chi connectivity index (χ3n) is 2.76. The maximum Gasteiger partial charge on any atom is 0.0924 e. The molecule has 2 saturated heterocycles. The van der Waals surface area contributed by atoms with Gasteiger partial charge in [0.2, 0.25) is 0 Å². The van der Waals surface area contributed by atoms with Crippen LogP contribution < -0.4 is 11.5 Å². The molecule has 0 unspecified atom stereocenters. The Labute approximate surface area is 120 Å². The second kappa shape index (κ2) is 11.2. The first-order chi connectivity index (χ1) is 7.61. The molecule has 6 nitrogen and oxygen atoms in total. The van der Waals surface area contributed by atoms with Crippen molar-refractivity contribution < 1.29 is 19.7 Å². The molecule has 0 aromatic carbocycles. The zero-order chi connectivity index (χ0) is 12.0. The molecule has 18 heavy (non-hydrogen) atoms. The van der Waals surface area contributed by atoms with Crippen LogP contribution in [0.4, 0.5) is 0 Å². The van der Waals surface area contributed by atoms with Gasteiger partial charge in [0.1, 0.15) is 0 Å². The first kappa shape index (κ1) is 20.7. The van der Waals surface area contributed by atoms with Crippen molar-refractivity contribution in [2.75, 3.05) is 26.4 Å². The van der Waals surface area contributed by atoms with Crippen LogP contribution in [-0.4, -0.2) is 60.9 Å². The minimum Gasteiger partial charge on any atom is -0.389 e. The number of halogens is 2. The number of aliphatic hydroxyl groups excluding tert-OH is 2. The molecule has 0 spiro atoms. The van der Waals surface area contributed by atoms with E-state index in [9.17, 15) is 0 Å². The Balaban J connectivity index is 0. The Morgan fingerprint density at radius 3 is 1.28 bits per heavy atom. The van der Waals surface area contributed by atoms with Crippen LogP contribution in [0, 0.1) is 0 Å². The van der Waals surface area contributed by atoms with Gasteiger partial charge in [-0.25, -0.2) is 0 Å². The number of nitrogens with two attached hydrogens (primary N) is 2. The van der Waals surface area contributed by atoms with Gasteiger partial charge in [-0.2, -0.15) is 0 Å². The number of ether oxygens (including phenoxy) is 2. The third kappa shape index (κ3) is 7.70. The van der Waals surface area contributed by atoms with E-state index in [0.29, 0.717) is 26.4 Å². The summed E-state index contributed by atoms with van der Waals surface area (Å²) in [5, 5.41) is 17.9. The van der Waals surface area contributed by atoms with Crippen LogP contribution in [-0.2, 0) is 9.47 Å². The number of hydrogen-bond donors (Lipinski definition) is 4. The highest BCUT2D eigenvalue weighted by atomic mass is 35.5. The molecule has 2 heterocycles. The van der Waals surface area contributed by atoms with Gasteiger partial charge >= 0.3 is 0 Å². The van der Waals surface area contributed by atoms with Crippen molar-refractivity contribution in [1.29, 1.82) is 0 Å². The van der Waals surface area contributed by atoms with Gasteiger partial charge in [0.15, 0.2) is 0 Å². The van der Waals surface area contributed by atoms with Gasteiger partial charge in [-0.05, 0) is 12.8 Å². The zero-order valence-electron chi connectivity index (χ0n) is 10.2. The predicted molar refractivity (Wildman–Crippen MR) is 73.3 cm³/mol. The number of rotatable bonds is 0. The lowest BCUT2D eigenvalue weighted by molar-refractivity contribution is -0.0182. The first-order valence-corrected chi connectivity index (χ1v) is 5.64. The fraction of sp³-hybridized carbons (Fsp3) is 1.00. The monoisotopic (exact) mass is 306 g/mol. The summed E-state index contributed by atoms with van der Waals surface area (Å²) in [6.45, 7) is 2.19. The van der Waals surface area contributed by atoms with Crippen molar-refractivity contribution >= 4 is 24.8 Å². The van der Waals surface area contributed by atoms with Crippen LogP contribution >= 0.6 is 24.8 Å². The summed E-state index contributed by atoms with van der Waals surface area (Å²) in [5.41, 5.74) is 10.9. The van der Waals surface area contributed by atoms with Gasteiger partial charge < -0.3 is 31.2 Å². The summed E-state index contributed by atoms with van der Waals surface area (Å²) in [5.74, 6) is 0. The molecule has 2 rings (SSSR count). The maximum absolute atomic E-state index is 8.93. The SMILES string of the molecule is Cl.Cl.N[C@@H]1CCOC[C@H]1O.N[C@H]1CCOC[C@@H]1O. The Morgan fingerprint density at radius 1 is 0.778 bits per heavy atom. The van der Waals surface area contributed by atoms with Gasteiger partial charge in [0.25, 0.3) is 0 Å². The molecule has 0 saturated carbocycles. The molecule has 0 amide bonds. The van der Waals surface area contributed by atoms with Gasteiger partial charge in [-0.3, -0.25) is 0 Å². The van der Waals surface area contributed by atoms with E-state index in [-0.39, 0.29) is 36.9 Å². The maximum atomic E-state index is 8.93. The van der Waals surface area contributed by atoms with E-state index in [2.05, 4.69) is 0 Å². The molecular weight excluding hydrogens is 283 g/mol. The molecule has 0 aromatic rings. The Kier molecular flexibility index (Phi) is 12.8. The smallest absolute Gasteiger partial charge is 0.0924 e. The molecule has 0 bridgehead atoms. The summed E-state index contributed by atoms with van der Waals surface area (Å²) in [6, 6.07) is -0.132. The topological polar surface area (TPSA) is 111 Å². The fourth-order valence-electron chi connectivity index (χ4n) is 1.48. The standard InChI is InChI=1S/2C5H11NO2.2ClH/c2*6-4-1-2-8-3-5(4)7;;/h2*4-5,7H,1-3,6H2;2*1H/t2*4-,5-;;/m10../s1. The second-order valence-corrected chi connectivity index (χ2v) is 4.19. The average Bonchev–Trinajstić information content (AvgIpc) is 2.28. The van der Waals surface area contributed by atoms with E-state index >= 15 is 0 Å². The van der Waals surface area contributed by atoms with E-state index < -0.39 is 12.2 Å². The molecule has 2 fully saturated rings. The van der Waals surface area contributed by atoms with Gasteiger partial charge in [0, 0.05) is 25.3 Å². The summed E-state index contributed by atoms with van der Waals surface area (Å²) in [7, 11) is 0. The molecule has 2 aliphatic heterocycles. The third-order valence-corrected chi connectivity index (χ3v) is 2.76. The highest BCUT2D eigenvalue weighted by molar-refractivity contribution is 5.85. The van der Waals surface area contributed by atoms with Crippen molar-refractivity contribution in [2.45, 2.75) is 37.1 Å². The van der Waals surface area contributed by atoms with Crippen LogP contribution in [0.25, 0.3) is 0 Å². The second-order valence-electron chi connectivity index (χ2n) is 4.19. The molecule has 112 valence electrons. The lowest BCUT2D eigenvalue weighted by atomic mass is 10.1. The van der Waals surface area contributed by atoms with Gasteiger partial charge in [-0.15, -0.1) is 24.8 Å². The van der Waals surface area contributed by atoms with E-state index in [4.69, 9.17) is 31.2 Å². The van der Waals surface area contributed by atoms with E-state index in [1.807, 2.05) is 0 Å². The van der Waals surface area contributed by atoms with Crippen LogP contribution in [0.3, 0.4) is 0 Å². The van der Waals surface area contributed by atoms with Crippen LogP contribution in [0.2, 0.25) is 0 Å². The summed E-state index contributed by atoms with van der Waals surface area (Å²) in [4.78, 5) is 0. The highest BCUT2D eigenvalue weighted by Crippen LogP contribution is 2.04. The molecule has 6 N–H and O–H groups in total. The fourth-order valence-corrected chi connectivity index (χ4v) is 1.48. The highest BCUT2D eigenvalue weighted by Gasteiger charge is 2.19. The predicted octanol–water partition coefficient (Wildman–Crippen LogP) is -0.967. The van der Waals surface area contributed by atoms with Gasteiger partial charge in [0.05, 0.1) is 25.4 Å². The lowest BCUT2D eigenvalue weighted by Gasteiger charge is -2.23. The van der Waals surface area contributed by atoms with Crippen molar-refractivity contribution in [1.82, 2.24) is 0 Å². The normalized spacial score (nSPS) is 35.3. The van der Waals surface area contributed by atoms with Crippen LogP contribution in [0.5, 0.6) is 0 Å². The Morgan fingerprint density at radius 2 is 1.11 bits per heavy atom. The van der Waals surface area contributed by atoms with Crippen LogP contribution in [0.1, 0.15) is 12.8 Å². The number of hydrogen-bond acceptors (Lipinski definition) is 6. The summed E-state index contributed by atoms with van der Waals surface area (Å²) < 4.78 is 9.84. The lowest BCUT2D eigenvalue weighted by Crippen LogP contribution is -2.42. The van der Waals surface area contributed by atoms with E-state index in [0.717, 1.165) is 12.8 Å². The molecule has 0 aromatic heterocycles. The zero-order valence-corrected chi connectivity index (χ0v) is 11.9. The van der Waals surface area contributed by atoms with Crippen molar-refractivity contribution in [2.24, 2.45) is 11.5 Å². The Bertz CT molecular complexity index is 163. The molecule has 0 aliphatic carbocycles. The van der Waals surface area contributed by atoms with E-state index in [1.54, 1.807) is 0 Å². The first-order valence-electron chi connectivity index (χ1n) is 5.64.